The molecule has 0 amide bonds. The summed E-state index contributed by atoms with van der Waals surface area (Å²) >= 11 is 0. The summed E-state index contributed by atoms with van der Waals surface area (Å²) in [5.41, 5.74) is 2.72. The number of hydrogen-bond donors (Lipinski definition) is 4. The van der Waals surface area contributed by atoms with Gasteiger partial charge in [0.05, 0.1) is 17.9 Å². The number of rotatable bonds is 6. The first-order valence-electron chi connectivity index (χ1n) is 10.2. The van der Waals surface area contributed by atoms with Crippen LogP contribution in [0.5, 0.6) is 0 Å². The molecule has 1 unspecified atom stereocenters. The van der Waals surface area contributed by atoms with Crippen molar-refractivity contribution in [3.63, 3.8) is 0 Å². The number of aryl methyl sites for hydroxylation is 1. The van der Waals surface area contributed by atoms with E-state index in [9.17, 15) is 0 Å². The molecule has 2 saturated heterocycles. The van der Waals surface area contributed by atoms with Crippen LogP contribution >= 0.6 is 0 Å². The molecule has 0 aliphatic carbocycles. The minimum Gasteiger partial charge on any atom is -0.367 e. The Hall–Kier alpha value is -3.12. The maximum absolute atomic E-state index is 8.92. The zero-order valence-corrected chi connectivity index (χ0v) is 16.4. The number of aromatic amines is 2. The molecule has 150 valence electrons. The number of H-pyrrole nitrogens is 2. The largest absolute Gasteiger partial charge is 0.367 e. The summed E-state index contributed by atoms with van der Waals surface area (Å²) in [6.45, 7) is 2.86. The van der Waals surface area contributed by atoms with Gasteiger partial charge in [0.2, 0.25) is 0 Å². The van der Waals surface area contributed by atoms with Gasteiger partial charge >= 0.3 is 0 Å². The average molecular weight is 391 g/mol. The van der Waals surface area contributed by atoms with E-state index >= 15 is 0 Å². The van der Waals surface area contributed by atoms with E-state index < -0.39 is 0 Å². The Morgan fingerprint density at radius 1 is 1.24 bits per heavy atom. The van der Waals surface area contributed by atoms with Gasteiger partial charge in [0.15, 0.2) is 11.6 Å². The van der Waals surface area contributed by atoms with Crippen molar-refractivity contribution in [2.45, 2.75) is 57.2 Å². The summed E-state index contributed by atoms with van der Waals surface area (Å²) in [5, 5.41) is 23.0. The monoisotopic (exact) mass is 391 g/mol. The van der Waals surface area contributed by atoms with Crippen LogP contribution < -0.4 is 10.6 Å². The van der Waals surface area contributed by atoms with Gasteiger partial charge in [0.1, 0.15) is 11.3 Å². The lowest BCUT2D eigenvalue weighted by molar-refractivity contribution is 0.136. The van der Waals surface area contributed by atoms with Crippen molar-refractivity contribution in [3.05, 3.63) is 24.2 Å². The second-order valence-corrected chi connectivity index (χ2v) is 8.06. The highest BCUT2D eigenvalue weighted by molar-refractivity contribution is 5.89. The number of imidazole rings is 1. The van der Waals surface area contributed by atoms with Crippen LogP contribution in [0.4, 0.5) is 17.5 Å². The van der Waals surface area contributed by atoms with Gasteiger partial charge in [-0.25, -0.2) is 9.97 Å². The molecule has 29 heavy (non-hydrogen) atoms. The van der Waals surface area contributed by atoms with E-state index in [2.05, 4.69) is 41.8 Å². The van der Waals surface area contributed by atoms with E-state index in [4.69, 9.17) is 10.2 Å². The molecule has 4 N–H and O–H groups in total. The van der Waals surface area contributed by atoms with Gasteiger partial charge in [-0.2, -0.15) is 10.4 Å². The number of nitriles is 1. The summed E-state index contributed by atoms with van der Waals surface area (Å²) < 4.78 is 0. The molecule has 0 saturated carbocycles. The first-order valence-corrected chi connectivity index (χ1v) is 10.2. The van der Waals surface area contributed by atoms with E-state index in [1.165, 1.54) is 12.8 Å². The van der Waals surface area contributed by atoms with E-state index in [0.29, 0.717) is 30.4 Å². The van der Waals surface area contributed by atoms with Crippen molar-refractivity contribution in [1.29, 1.82) is 5.26 Å². The van der Waals surface area contributed by atoms with Gasteiger partial charge in [-0.15, -0.1) is 0 Å². The summed E-state index contributed by atoms with van der Waals surface area (Å²) in [5.74, 6) is 2.25. The van der Waals surface area contributed by atoms with Crippen molar-refractivity contribution >= 4 is 28.5 Å². The van der Waals surface area contributed by atoms with E-state index in [-0.39, 0.29) is 0 Å². The summed E-state index contributed by atoms with van der Waals surface area (Å²) in [6, 6.07) is 7.77. The molecule has 9 nitrogen and oxygen atoms in total. The predicted octanol–water partition coefficient (Wildman–Crippen LogP) is 3.05. The Labute approximate surface area is 168 Å². The number of hydrogen-bond acceptors (Lipinski definition) is 7. The highest BCUT2D eigenvalue weighted by Gasteiger charge is 2.40. The van der Waals surface area contributed by atoms with Crippen molar-refractivity contribution in [2.75, 3.05) is 17.2 Å². The summed E-state index contributed by atoms with van der Waals surface area (Å²) in [7, 11) is 0. The van der Waals surface area contributed by atoms with Crippen LogP contribution in [0, 0.1) is 18.3 Å². The number of nitrogens with one attached hydrogen (secondary N) is 4. The normalized spacial score (nSPS) is 23.9. The average Bonchev–Trinajstić information content (AvgIpc) is 3.39. The van der Waals surface area contributed by atoms with Crippen LogP contribution in [0.3, 0.4) is 0 Å². The molecule has 2 aliphatic rings. The van der Waals surface area contributed by atoms with Gasteiger partial charge < -0.3 is 15.6 Å². The molecule has 5 heterocycles. The molecule has 2 bridgehead atoms. The smallest absolute Gasteiger partial charge is 0.162 e. The summed E-state index contributed by atoms with van der Waals surface area (Å²) in [4.78, 5) is 14.9. The van der Waals surface area contributed by atoms with Crippen molar-refractivity contribution in [3.8, 4) is 6.07 Å². The van der Waals surface area contributed by atoms with Crippen LogP contribution in [0.2, 0.25) is 0 Å². The zero-order chi connectivity index (χ0) is 19.8. The van der Waals surface area contributed by atoms with Gasteiger partial charge in [-0.05, 0) is 32.6 Å². The van der Waals surface area contributed by atoms with Crippen LogP contribution in [0.25, 0.3) is 11.0 Å². The molecular weight excluding hydrogens is 366 g/mol. The van der Waals surface area contributed by atoms with Gasteiger partial charge in [-0.3, -0.25) is 10.00 Å². The molecule has 3 atom stereocenters. The number of aromatic nitrogens is 5. The van der Waals surface area contributed by atoms with Crippen LogP contribution in [0.15, 0.2) is 18.5 Å². The van der Waals surface area contributed by atoms with Crippen molar-refractivity contribution in [1.82, 2.24) is 30.0 Å². The highest BCUT2D eigenvalue weighted by Crippen LogP contribution is 2.37. The Morgan fingerprint density at radius 2 is 2.07 bits per heavy atom. The maximum atomic E-state index is 8.92. The Bertz CT molecular complexity index is 1030. The fraction of sp³-hybridized carbons (Fsp3) is 0.500. The van der Waals surface area contributed by atoms with Crippen LogP contribution in [0.1, 0.15) is 37.8 Å². The first-order chi connectivity index (χ1) is 14.2. The molecule has 3 aromatic heterocycles. The molecule has 0 radical (unpaired) electrons. The fourth-order valence-electron chi connectivity index (χ4n) is 4.86. The Morgan fingerprint density at radius 3 is 2.79 bits per heavy atom. The first kappa shape index (κ1) is 17.9. The zero-order valence-electron chi connectivity index (χ0n) is 16.4. The second-order valence-electron chi connectivity index (χ2n) is 8.06. The topological polar surface area (TPSA) is 121 Å². The molecule has 2 aliphatic heterocycles. The lowest BCUT2D eigenvalue weighted by atomic mass is 9.97. The molecule has 0 aromatic carbocycles. The Balaban J connectivity index is 1.34. The number of pyridine rings is 1. The van der Waals surface area contributed by atoms with Gasteiger partial charge in [0, 0.05) is 48.9 Å². The van der Waals surface area contributed by atoms with Crippen LogP contribution in [-0.2, 0) is 0 Å². The lowest BCUT2D eigenvalue weighted by Gasteiger charge is -2.39. The maximum Gasteiger partial charge on any atom is 0.162 e. The van der Waals surface area contributed by atoms with Crippen molar-refractivity contribution in [2.24, 2.45) is 0 Å². The van der Waals surface area contributed by atoms with E-state index in [0.717, 1.165) is 47.7 Å². The number of fused-ring (bicyclic) bond motifs is 3. The second kappa shape index (κ2) is 7.37. The minimum atomic E-state index is 0.388. The lowest BCUT2D eigenvalue weighted by Crippen LogP contribution is -2.47. The number of anilines is 3. The number of nitrogens with zero attached hydrogens (tertiary/aromatic N) is 5. The van der Waals surface area contributed by atoms with Crippen molar-refractivity contribution < 1.29 is 0 Å². The van der Waals surface area contributed by atoms with Gasteiger partial charge in [-0.1, -0.05) is 0 Å². The standard InChI is InChI=1S/C20H25N9/c1-12-7-18(28-27-12)26-20-19-16(22-11-23-19)10-17(25-20)24-13-8-14-3-4-15(9-13)29(14)6-2-5-21/h7,10-11,13-15H,2-4,6,8-9H2,1H3,(H,22,23)(H3,24,25,26,27,28)/t13-,14-,15?/m0/s1. The minimum absolute atomic E-state index is 0.388. The summed E-state index contributed by atoms with van der Waals surface area (Å²) in [6.07, 6.45) is 6.94. The third-order valence-electron chi connectivity index (χ3n) is 6.08. The third kappa shape index (κ3) is 3.51. The SMILES string of the molecule is Cc1cc(Nc2nc(N[C@@H]3CC4CC[C@@H](C3)N4CCC#N)cc3[nH]cnc23)n[nH]1. The third-order valence-corrected chi connectivity index (χ3v) is 6.08. The molecule has 2 fully saturated rings. The molecule has 9 heteroatoms. The van der Waals surface area contributed by atoms with Gasteiger partial charge in [0.25, 0.3) is 0 Å². The molecule has 3 aromatic rings. The molecule has 5 rings (SSSR count). The molecule has 0 spiro atoms. The van der Waals surface area contributed by atoms with E-state index in [1.54, 1.807) is 6.33 Å². The van der Waals surface area contributed by atoms with Crippen LogP contribution in [-0.4, -0.2) is 54.7 Å². The predicted molar refractivity (Wildman–Crippen MR) is 111 cm³/mol. The number of piperidine rings is 1. The van der Waals surface area contributed by atoms with E-state index in [1.807, 2.05) is 19.1 Å². The molecular formula is C20H25N9. The quantitative estimate of drug-likeness (QED) is 0.509. The Kier molecular flexibility index (Phi) is 4.56. The highest BCUT2D eigenvalue weighted by atomic mass is 15.2. The fourth-order valence-corrected chi connectivity index (χ4v) is 4.86.